The fourth-order valence-corrected chi connectivity index (χ4v) is 7.81. The number of carbonyl (C=O) groups is 4. The molecule has 16 nitrogen and oxygen atoms in total. The number of oxime groups is 1. The minimum absolute atomic E-state index is 0.0700. The Labute approximate surface area is 324 Å². The van der Waals surface area contributed by atoms with Gasteiger partial charge in [0.1, 0.15) is 29.9 Å². The van der Waals surface area contributed by atoms with E-state index in [1.807, 2.05) is 60.7 Å². The third-order valence-corrected chi connectivity index (χ3v) is 10.8. The maximum Gasteiger partial charge on any atom is 0.356 e. The fourth-order valence-electron chi connectivity index (χ4n) is 5.76. The van der Waals surface area contributed by atoms with Crippen LogP contribution in [-0.2, 0) is 56.0 Å². The van der Waals surface area contributed by atoms with Gasteiger partial charge in [-0.2, -0.15) is 0 Å². The molecule has 0 saturated carbocycles. The van der Waals surface area contributed by atoms with E-state index in [4.69, 9.17) is 9.57 Å². The zero-order valence-electron chi connectivity index (χ0n) is 29.3. The number of thiazole rings is 1. The van der Waals surface area contributed by atoms with Crippen LogP contribution in [0, 0.1) is 0 Å². The van der Waals surface area contributed by atoms with Gasteiger partial charge >= 0.3 is 5.97 Å². The Hall–Kier alpha value is -5.73. The van der Waals surface area contributed by atoms with Gasteiger partial charge in [-0.3, -0.25) is 23.5 Å². The second-order valence-corrected chi connectivity index (χ2v) is 14.7. The number of benzene rings is 2. The number of ether oxygens (including phenoxy) is 1. The van der Waals surface area contributed by atoms with Crippen LogP contribution < -0.4 is 15.2 Å². The van der Waals surface area contributed by atoms with Crippen LogP contribution in [0.15, 0.2) is 120 Å². The second-order valence-electron chi connectivity index (χ2n) is 11.6. The average Bonchev–Trinajstić information content (AvgIpc) is 3.66. The molecule has 0 aliphatic carbocycles. The maximum atomic E-state index is 14.4. The molecule has 3 amide bonds. The molecule has 6 rings (SSSR count). The topological polar surface area (TPSA) is 210 Å². The smallest absolute Gasteiger partial charge is 0.356 e. The first kappa shape index (κ1) is 40.5. The fraction of sp³-hybridized carbons (Fsp3) is 0.194. The molecule has 1 saturated heterocycles. The molecule has 3 atom stereocenters. The van der Waals surface area contributed by atoms with E-state index in [9.17, 15) is 32.1 Å². The molecule has 4 heterocycles. The molecule has 0 radical (unpaired) electrons. The summed E-state index contributed by atoms with van der Waals surface area (Å²) in [7, 11) is -1.84. The Balaban J connectivity index is 0.000000895. The van der Waals surface area contributed by atoms with Crippen LogP contribution in [0.25, 0.3) is 0 Å². The number of carbonyl (C=O) groups excluding carboxylic acids is 4. The van der Waals surface area contributed by atoms with Crippen LogP contribution in [0.5, 0.6) is 0 Å². The Bertz CT molecular complexity index is 2180. The number of fused-ring (bicyclic) bond motifs is 1. The zero-order valence-corrected chi connectivity index (χ0v) is 31.7. The first-order valence-electron chi connectivity index (χ1n) is 16.1. The number of rotatable bonds is 14. The number of allylic oxidation sites excluding steroid dienone is 1. The molecule has 2 aliphatic rings. The lowest BCUT2D eigenvalue weighted by Gasteiger charge is -2.50. The van der Waals surface area contributed by atoms with Gasteiger partial charge in [0, 0.05) is 23.9 Å². The minimum Gasteiger partial charge on any atom is -0.726 e. The summed E-state index contributed by atoms with van der Waals surface area (Å²) < 4.78 is 38.9. The van der Waals surface area contributed by atoms with Crippen molar-refractivity contribution in [1.29, 1.82) is 0 Å². The summed E-state index contributed by atoms with van der Waals surface area (Å²) in [6.07, 6.45) is 4.70. The van der Waals surface area contributed by atoms with Crippen LogP contribution in [-0.4, -0.2) is 78.0 Å². The second kappa shape index (κ2) is 17.6. The SMILES string of the molecule is C=CC1=C(C(=O)OC(c2ccccc2)c2ccccc2)N2C(=O)C(NC(=O)C(ON=C)(c3ccc[n+](C)c3)c3csc(NC=O)n3)[C@H]2SC1.COS(=O)(=O)[O-]. The number of anilines is 1. The highest BCUT2D eigenvalue weighted by atomic mass is 32.3. The van der Waals surface area contributed by atoms with Crippen LogP contribution in [0.3, 0.4) is 0 Å². The van der Waals surface area contributed by atoms with E-state index >= 15 is 0 Å². The standard InChI is InChI=1S/C35H30N6O6S2.CH4O4S/c1-4-22-19-48-31-27(30(43)41(31)28(22)32(44)46-29(23-12-7-5-8-13-23)24-14-9-6-10-15-24)39-33(45)35(47-36-2,25-16-11-17-40(3)18-25)26-20-49-34(38-26)37-21-42;1-5-6(2,3)4/h4-18,20-21,27,29,31H,1-2,19H2,3H3,(H-,37,38,39,42,45);1H3,(H,2,3,4)/t27?,31-,35?;/m1./s1. The molecule has 2 N–H and O–H groups in total. The highest BCUT2D eigenvalue weighted by Crippen LogP contribution is 2.43. The van der Waals surface area contributed by atoms with Gasteiger partial charge in [-0.25, -0.2) is 22.8 Å². The molecule has 2 aliphatic heterocycles. The van der Waals surface area contributed by atoms with Crippen molar-refractivity contribution in [2.75, 3.05) is 18.2 Å². The van der Waals surface area contributed by atoms with Gasteiger partial charge in [-0.1, -0.05) is 73.3 Å². The monoisotopic (exact) mass is 806 g/mol. The van der Waals surface area contributed by atoms with Gasteiger partial charge in [0.25, 0.3) is 17.4 Å². The molecule has 2 aromatic carbocycles. The molecular formula is C36H34N6O10S3. The van der Waals surface area contributed by atoms with Gasteiger partial charge in [0.05, 0.1) is 12.7 Å². The van der Waals surface area contributed by atoms with E-state index in [2.05, 4.69) is 38.3 Å². The Kier molecular flexibility index (Phi) is 12.9. The van der Waals surface area contributed by atoms with Gasteiger partial charge in [-0.15, -0.1) is 28.3 Å². The number of nitrogens with one attached hydrogen (secondary N) is 2. The Morgan fingerprint density at radius 1 is 1.13 bits per heavy atom. The first-order valence-corrected chi connectivity index (χ1v) is 19.3. The van der Waals surface area contributed by atoms with Crippen LogP contribution in [0.2, 0.25) is 0 Å². The van der Waals surface area contributed by atoms with Crippen LogP contribution in [0.4, 0.5) is 5.13 Å². The zero-order chi connectivity index (χ0) is 39.8. The molecule has 1 fully saturated rings. The van der Waals surface area contributed by atoms with Crippen molar-refractivity contribution in [3.63, 3.8) is 0 Å². The van der Waals surface area contributed by atoms with E-state index in [1.54, 1.807) is 41.5 Å². The molecule has 4 aromatic rings. The minimum atomic E-state index is -4.41. The third-order valence-electron chi connectivity index (χ3n) is 8.27. The summed E-state index contributed by atoms with van der Waals surface area (Å²) in [5.74, 6) is -1.62. The van der Waals surface area contributed by atoms with E-state index in [0.29, 0.717) is 23.3 Å². The van der Waals surface area contributed by atoms with Crippen molar-refractivity contribution in [1.82, 2.24) is 15.2 Å². The molecular weight excluding hydrogens is 773 g/mol. The lowest BCUT2D eigenvalue weighted by atomic mass is 9.90. The van der Waals surface area contributed by atoms with E-state index in [-0.39, 0.29) is 16.5 Å². The lowest BCUT2D eigenvalue weighted by Crippen LogP contribution is -2.72. The van der Waals surface area contributed by atoms with E-state index in [1.165, 1.54) is 22.7 Å². The largest absolute Gasteiger partial charge is 0.726 e. The van der Waals surface area contributed by atoms with Crippen molar-refractivity contribution >= 4 is 69.5 Å². The lowest BCUT2D eigenvalue weighted by molar-refractivity contribution is -0.672. The third kappa shape index (κ3) is 8.82. The number of nitrogens with zero attached hydrogens (tertiary/aromatic N) is 4. The predicted octanol–water partition coefficient (Wildman–Crippen LogP) is 2.68. The van der Waals surface area contributed by atoms with Gasteiger partial charge in [0.15, 0.2) is 23.6 Å². The number of aromatic nitrogens is 2. The number of hydrogen-bond acceptors (Lipinski definition) is 14. The van der Waals surface area contributed by atoms with Crippen molar-refractivity contribution in [2.45, 2.75) is 23.1 Å². The maximum absolute atomic E-state index is 14.4. The predicted molar refractivity (Wildman–Crippen MR) is 201 cm³/mol. The molecule has 0 spiro atoms. The summed E-state index contributed by atoms with van der Waals surface area (Å²) in [5.41, 5.74) is 0.606. The van der Waals surface area contributed by atoms with Crippen molar-refractivity contribution in [3.05, 3.63) is 137 Å². The number of thioether (sulfide) groups is 1. The number of aryl methyl sites for hydroxylation is 1. The quantitative estimate of drug-likeness (QED) is 0.0276. The number of esters is 1. The highest BCUT2D eigenvalue weighted by Gasteiger charge is 2.58. The van der Waals surface area contributed by atoms with Crippen molar-refractivity contribution < 1.29 is 50.5 Å². The molecule has 19 heteroatoms. The summed E-state index contributed by atoms with van der Waals surface area (Å²) >= 11 is 2.45. The molecule has 2 aromatic heterocycles. The normalized spacial score (nSPS) is 17.3. The van der Waals surface area contributed by atoms with Gasteiger partial charge < -0.3 is 24.8 Å². The molecule has 0 bridgehead atoms. The Morgan fingerprint density at radius 2 is 1.76 bits per heavy atom. The number of pyridine rings is 1. The number of amides is 3. The molecule has 2 unspecified atom stereocenters. The summed E-state index contributed by atoms with van der Waals surface area (Å²) in [4.78, 5) is 64.9. The number of hydrogen-bond donors (Lipinski definition) is 2. The number of β-lactam (4-membered cyclic amide) rings is 1. The van der Waals surface area contributed by atoms with Gasteiger partial charge in [-0.05, 0) is 22.8 Å². The first-order chi connectivity index (χ1) is 26.4. The molecule has 55 heavy (non-hydrogen) atoms. The average molecular weight is 807 g/mol. The van der Waals surface area contributed by atoms with Crippen molar-refractivity contribution in [3.8, 4) is 0 Å². The van der Waals surface area contributed by atoms with Gasteiger partial charge in [0.2, 0.25) is 16.8 Å². The van der Waals surface area contributed by atoms with E-state index < -0.39 is 51.3 Å². The summed E-state index contributed by atoms with van der Waals surface area (Å²) in [6, 6.07) is 21.0. The van der Waals surface area contributed by atoms with Crippen molar-refractivity contribution in [2.24, 2.45) is 12.2 Å². The molecule has 286 valence electrons. The highest BCUT2D eigenvalue weighted by molar-refractivity contribution is 8.00. The summed E-state index contributed by atoms with van der Waals surface area (Å²) in [6.45, 7) is 7.33. The van der Waals surface area contributed by atoms with Crippen LogP contribution in [0.1, 0.15) is 28.5 Å². The van der Waals surface area contributed by atoms with E-state index in [0.717, 1.165) is 29.6 Å². The summed E-state index contributed by atoms with van der Waals surface area (Å²) in [5, 5.41) is 10.1. The van der Waals surface area contributed by atoms with Crippen LogP contribution >= 0.6 is 23.1 Å². The Morgan fingerprint density at radius 3 is 2.31 bits per heavy atom.